The van der Waals surface area contributed by atoms with Gasteiger partial charge in [-0.2, -0.15) is 4.57 Å². The highest BCUT2D eigenvalue weighted by atomic mass is 35.5. The molecule has 0 radical (unpaired) electrons. The van der Waals surface area contributed by atoms with Crippen molar-refractivity contribution in [2.45, 2.75) is 18.7 Å². The van der Waals surface area contributed by atoms with Gasteiger partial charge in [-0.3, -0.25) is 4.55 Å². The second-order valence-electron chi connectivity index (χ2n) is 6.70. The Morgan fingerprint density at radius 1 is 0.966 bits per heavy atom. The van der Waals surface area contributed by atoms with E-state index in [9.17, 15) is 8.76 Å². The zero-order valence-electron chi connectivity index (χ0n) is 15.8. The first-order valence-corrected chi connectivity index (χ1v) is 10.7. The van der Waals surface area contributed by atoms with Crippen molar-refractivity contribution >= 4 is 38.5 Å². The normalized spacial score (nSPS) is 13.2. The number of benzene rings is 2. The molecule has 0 bridgehead atoms. The molecule has 1 unspecified atom stereocenters. The molecular formula is C21H18ClN4O2S+. The van der Waals surface area contributed by atoms with Crippen LogP contribution >= 0.6 is 11.6 Å². The number of para-hydroxylation sites is 2. The van der Waals surface area contributed by atoms with Gasteiger partial charge in [0.25, 0.3) is 5.82 Å². The molecule has 0 fully saturated rings. The Labute approximate surface area is 173 Å². The molecule has 2 heterocycles. The van der Waals surface area contributed by atoms with Crippen LogP contribution in [0.15, 0.2) is 76.2 Å². The van der Waals surface area contributed by atoms with E-state index in [1.54, 1.807) is 22.8 Å². The van der Waals surface area contributed by atoms with Crippen molar-refractivity contribution in [1.82, 2.24) is 9.97 Å². The van der Waals surface area contributed by atoms with E-state index in [4.69, 9.17) is 11.6 Å². The number of halogens is 1. The molecule has 4 rings (SSSR count). The van der Waals surface area contributed by atoms with Crippen LogP contribution in [0.5, 0.6) is 0 Å². The minimum atomic E-state index is -3.75. The number of aromatic nitrogens is 3. The lowest BCUT2D eigenvalue weighted by Gasteiger charge is -2.06. The van der Waals surface area contributed by atoms with E-state index in [2.05, 4.69) is 14.3 Å². The average molecular weight is 426 g/mol. The molecule has 6 nitrogen and oxygen atoms in total. The molecule has 29 heavy (non-hydrogen) atoms. The van der Waals surface area contributed by atoms with Gasteiger partial charge in [-0.25, -0.2) is 9.19 Å². The fourth-order valence-corrected chi connectivity index (χ4v) is 4.11. The van der Waals surface area contributed by atoms with Crippen LogP contribution in [-0.2, 0) is 10.0 Å². The first kappa shape index (κ1) is 19.4. The number of pyridine rings is 1. The van der Waals surface area contributed by atoms with Gasteiger partial charge in [-0.05, 0) is 72.4 Å². The molecule has 1 N–H and O–H groups in total. The number of nitrogens with zero attached hydrogens (tertiary/aromatic N) is 4. The maximum Gasteiger partial charge on any atom is 0.374 e. The van der Waals surface area contributed by atoms with Crippen LogP contribution in [0.3, 0.4) is 0 Å². The number of hydrogen-bond donors (Lipinski definition) is 1. The lowest BCUT2D eigenvalue weighted by atomic mass is 10.2. The summed E-state index contributed by atoms with van der Waals surface area (Å²) in [5.41, 5.74) is 3.30. The predicted octanol–water partition coefficient (Wildman–Crippen LogP) is 4.81. The summed E-state index contributed by atoms with van der Waals surface area (Å²) in [5.74, 6) is 0.465. The molecule has 8 heteroatoms. The Balaban J connectivity index is 1.99. The van der Waals surface area contributed by atoms with E-state index >= 15 is 0 Å². The highest BCUT2D eigenvalue weighted by Gasteiger charge is 2.22. The van der Waals surface area contributed by atoms with Crippen LogP contribution in [0, 0.1) is 13.8 Å². The van der Waals surface area contributed by atoms with Crippen molar-refractivity contribution in [2.24, 2.45) is 4.36 Å². The molecule has 0 amide bonds. The fourth-order valence-electron chi connectivity index (χ4n) is 3.03. The molecule has 0 aliphatic heterocycles. The van der Waals surface area contributed by atoms with Crippen molar-refractivity contribution < 1.29 is 13.3 Å². The third-order valence-corrected chi connectivity index (χ3v) is 5.81. The molecule has 0 saturated heterocycles. The van der Waals surface area contributed by atoms with Crippen molar-refractivity contribution in [3.8, 4) is 5.82 Å². The SMILES string of the molecule is Cc1cc(C)c[n+](-c2nc3ccccc3nc2N=S(=O)(O)c2ccc(Cl)cc2)c1. The van der Waals surface area contributed by atoms with E-state index in [0.29, 0.717) is 21.9 Å². The molecule has 4 aromatic rings. The van der Waals surface area contributed by atoms with Crippen LogP contribution in [0.1, 0.15) is 11.1 Å². The van der Waals surface area contributed by atoms with Crippen LogP contribution in [-0.4, -0.2) is 18.7 Å². The van der Waals surface area contributed by atoms with E-state index in [1.807, 2.05) is 50.5 Å². The second-order valence-corrected chi connectivity index (χ2v) is 8.78. The molecule has 2 aromatic heterocycles. The van der Waals surface area contributed by atoms with Gasteiger partial charge in [0.15, 0.2) is 10.0 Å². The predicted molar refractivity (Wildman–Crippen MR) is 113 cm³/mol. The number of rotatable bonds is 3. The largest absolute Gasteiger partial charge is 0.374 e. The molecule has 0 aliphatic rings. The highest BCUT2D eigenvalue weighted by molar-refractivity contribution is 7.88. The van der Waals surface area contributed by atoms with Crippen LogP contribution in [0.25, 0.3) is 16.9 Å². The van der Waals surface area contributed by atoms with Gasteiger partial charge in [-0.1, -0.05) is 23.7 Å². The summed E-state index contributed by atoms with van der Waals surface area (Å²) in [7, 11) is -3.75. The first-order valence-electron chi connectivity index (χ1n) is 8.84. The van der Waals surface area contributed by atoms with Gasteiger partial charge in [-0.15, -0.1) is 4.36 Å². The zero-order valence-corrected chi connectivity index (χ0v) is 17.4. The van der Waals surface area contributed by atoms with E-state index < -0.39 is 10.0 Å². The molecule has 2 aromatic carbocycles. The monoisotopic (exact) mass is 425 g/mol. The smallest absolute Gasteiger partial charge is 0.296 e. The zero-order chi connectivity index (χ0) is 20.6. The third kappa shape index (κ3) is 4.12. The number of aryl methyl sites for hydroxylation is 2. The van der Waals surface area contributed by atoms with Gasteiger partial charge in [0, 0.05) is 5.02 Å². The lowest BCUT2D eigenvalue weighted by molar-refractivity contribution is -0.599. The molecule has 1 atom stereocenters. The molecule has 0 aliphatic carbocycles. The van der Waals surface area contributed by atoms with Crippen LogP contribution in [0.4, 0.5) is 5.82 Å². The fraction of sp³-hybridized carbons (Fsp3) is 0.0952. The standard InChI is InChI=1S/C21H17ClN4O2S/c1-14-11-15(2)13-26(12-14)21-20(23-18-5-3-4-6-19(18)24-21)25-29(27,28)17-9-7-16(22)8-10-17/h3-13H,1-2H3/p+1. The van der Waals surface area contributed by atoms with E-state index in [0.717, 1.165) is 11.1 Å². The van der Waals surface area contributed by atoms with Crippen molar-refractivity contribution in [1.29, 1.82) is 0 Å². The lowest BCUT2D eigenvalue weighted by Crippen LogP contribution is -2.32. The quantitative estimate of drug-likeness (QED) is 0.478. The van der Waals surface area contributed by atoms with Gasteiger partial charge in [0.2, 0.25) is 5.52 Å². The molecular weight excluding hydrogens is 408 g/mol. The summed E-state index contributed by atoms with van der Waals surface area (Å²) in [5, 5.41) is 0.473. The van der Waals surface area contributed by atoms with E-state index in [1.165, 1.54) is 12.1 Å². The second kappa shape index (κ2) is 7.51. The van der Waals surface area contributed by atoms with Gasteiger partial charge in [0.1, 0.15) is 5.52 Å². The van der Waals surface area contributed by atoms with Crippen LogP contribution in [0.2, 0.25) is 5.02 Å². The minimum absolute atomic E-state index is 0.0844. The first-order chi connectivity index (χ1) is 13.8. The van der Waals surface area contributed by atoms with Crippen molar-refractivity contribution in [2.75, 3.05) is 0 Å². The van der Waals surface area contributed by atoms with Gasteiger partial charge < -0.3 is 0 Å². The summed E-state index contributed by atoms with van der Waals surface area (Å²) in [6.45, 7) is 3.94. The minimum Gasteiger partial charge on any atom is -0.296 e. The molecule has 0 spiro atoms. The average Bonchev–Trinajstić information content (AvgIpc) is 2.66. The molecule has 0 saturated carbocycles. The van der Waals surface area contributed by atoms with Gasteiger partial charge in [0.05, 0.1) is 17.3 Å². The summed E-state index contributed by atoms with van der Waals surface area (Å²) in [4.78, 5) is 9.34. The summed E-state index contributed by atoms with van der Waals surface area (Å²) in [6, 6.07) is 15.4. The third-order valence-electron chi connectivity index (χ3n) is 4.25. The Morgan fingerprint density at radius 2 is 1.55 bits per heavy atom. The van der Waals surface area contributed by atoms with Crippen LogP contribution < -0.4 is 4.57 Å². The summed E-state index contributed by atoms with van der Waals surface area (Å²) < 4.78 is 29.5. The number of hydrogen-bond acceptors (Lipinski definition) is 4. The maximum absolute atomic E-state index is 13.0. The highest BCUT2D eigenvalue weighted by Crippen LogP contribution is 2.24. The van der Waals surface area contributed by atoms with Crippen molar-refractivity contribution in [3.05, 3.63) is 83.1 Å². The Kier molecular flexibility index (Phi) is 5.04. The van der Waals surface area contributed by atoms with Crippen molar-refractivity contribution in [3.63, 3.8) is 0 Å². The van der Waals surface area contributed by atoms with Gasteiger partial charge >= 0.3 is 5.82 Å². The topological polar surface area (TPSA) is 79.3 Å². The summed E-state index contributed by atoms with van der Waals surface area (Å²) >= 11 is 5.89. The Hall–Kier alpha value is -2.87. The summed E-state index contributed by atoms with van der Waals surface area (Å²) in [6.07, 6.45) is 3.76. The Bertz CT molecular complexity index is 1330. The number of fused-ring (bicyclic) bond motifs is 1. The molecule has 146 valence electrons. The van der Waals surface area contributed by atoms with E-state index in [-0.39, 0.29) is 10.7 Å². The Morgan fingerprint density at radius 3 is 2.17 bits per heavy atom. The maximum atomic E-state index is 13.0.